The van der Waals surface area contributed by atoms with Gasteiger partial charge in [-0.15, -0.1) is 0 Å². The number of rotatable bonds is 7. The summed E-state index contributed by atoms with van der Waals surface area (Å²) in [5, 5.41) is 22.0. The number of hydrogen-bond acceptors (Lipinski definition) is 7. The average Bonchev–Trinajstić information content (AvgIpc) is 3.02. The van der Waals surface area contributed by atoms with Crippen LogP contribution in [-0.2, 0) is 6.61 Å². The second kappa shape index (κ2) is 8.65. The van der Waals surface area contributed by atoms with Crippen molar-refractivity contribution < 1.29 is 14.4 Å². The fourth-order valence-electron chi connectivity index (χ4n) is 2.71. The summed E-state index contributed by atoms with van der Waals surface area (Å²) in [5.74, 6) is 1.85. The van der Waals surface area contributed by atoms with E-state index in [0.717, 1.165) is 11.1 Å². The third-order valence-corrected chi connectivity index (χ3v) is 4.46. The van der Waals surface area contributed by atoms with Crippen molar-refractivity contribution in [3.63, 3.8) is 0 Å². The number of nitro benzene ring substituents is 1. The molecule has 0 saturated heterocycles. The first-order valence-electron chi connectivity index (χ1n) is 8.62. The molecule has 0 bridgehead atoms. The SMILES string of the molecule is COc1ccc(/C=N/n2c(C)n[nH]c2=S)cc1COc1ccc([N+](=O)[O-])c(C)c1. The molecule has 0 spiro atoms. The van der Waals surface area contributed by atoms with Crippen molar-refractivity contribution in [1.29, 1.82) is 0 Å². The van der Waals surface area contributed by atoms with Crippen molar-refractivity contribution in [1.82, 2.24) is 14.9 Å². The fourth-order valence-corrected chi connectivity index (χ4v) is 2.93. The van der Waals surface area contributed by atoms with Crippen molar-refractivity contribution >= 4 is 24.1 Å². The molecule has 0 atom stereocenters. The number of nitrogens with one attached hydrogen (secondary N) is 1. The normalized spacial score (nSPS) is 11.0. The minimum atomic E-state index is -0.418. The number of benzene rings is 2. The van der Waals surface area contributed by atoms with Gasteiger partial charge in [0.05, 0.1) is 18.2 Å². The lowest BCUT2D eigenvalue weighted by Crippen LogP contribution is -2.01. The number of aryl methyl sites for hydroxylation is 2. The van der Waals surface area contributed by atoms with E-state index in [4.69, 9.17) is 21.7 Å². The average molecular weight is 413 g/mol. The first kappa shape index (κ1) is 20.2. The molecule has 1 aromatic heterocycles. The smallest absolute Gasteiger partial charge is 0.272 e. The number of ether oxygens (including phenoxy) is 2. The van der Waals surface area contributed by atoms with Gasteiger partial charge in [-0.25, -0.2) is 0 Å². The molecule has 150 valence electrons. The number of methoxy groups -OCH3 is 1. The van der Waals surface area contributed by atoms with Gasteiger partial charge in [0.15, 0.2) is 0 Å². The maximum absolute atomic E-state index is 10.9. The van der Waals surface area contributed by atoms with E-state index in [9.17, 15) is 10.1 Å². The molecule has 0 fully saturated rings. The van der Waals surface area contributed by atoms with E-state index < -0.39 is 4.92 Å². The van der Waals surface area contributed by atoms with E-state index in [1.165, 1.54) is 10.7 Å². The standard InChI is InChI=1S/C19H19N5O4S/c1-12-8-16(5-6-17(12)24(25)26)28-11-15-9-14(4-7-18(15)27-3)10-20-23-13(2)21-22-19(23)29/h4-10H,11H2,1-3H3,(H,22,29)/b20-10+. The van der Waals surface area contributed by atoms with Gasteiger partial charge in [0.2, 0.25) is 4.77 Å². The first-order valence-corrected chi connectivity index (χ1v) is 9.03. The molecule has 0 aliphatic carbocycles. The van der Waals surface area contributed by atoms with Gasteiger partial charge in [-0.3, -0.25) is 15.2 Å². The zero-order chi connectivity index (χ0) is 21.0. The lowest BCUT2D eigenvalue weighted by molar-refractivity contribution is -0.385. The predicted molar refractivity (Wildman–Crippen MR) is 110 cm³/mol. The van der Waals surface area contributed by atoms with Gasteiger partial charge in [-0.2, -0.15) is 14.9 Å². The molecule has 10 heteroatoms. The van der Waals surface area contributed by atoms with E-state index in [1.54, 1.807) is 39.3 Å². The van der Waals surface area contributed by atoms with Crippen LogP contribution in [0.5, 0.6) is 11.5 Å². The van der Waals surface area contributed by atoms with E-state index in [1.807, 2.05) is 18.2 Å². The zero-order valence-electron chi connectivity index (χ0n) is 16.1. The van der Waals surface area contributed by atoms with Crippen LogP contribution in [0.4, 0.5) is 5.69 Å². The van der Waals surface area contributed by atoms with Gasteiger partial charge in [0.1, 0.15) is 23.9 Å². The van der Waals surface area contributed by atoms with Gasteiger partial charge in [0.25, 0.3) is 5.69 Å². The Morgan fingerprint density at radius 1 is 1.31 bits per heavy atom. The summed E-state index contributed by atoms with van der Waals surface area (Å²) in [4.78, 5) is 10.5. The highest BCUT2D eigenvalue weighted by Gasteiger charge is 2.11. The summed E-state index contributed by atoms with van der Waals surface area (Å²) in [6.07, 6.45) is 1.66. The van der Waals surface area contributed by atoms with Crippen LogP contribution in [0, 0.1) is 28.7 Å². The third kappa shape index (κ3) is 4.66. The Labute approximate surface area is 171 Å². The maximum atomic E-state index is 10.9. The molecular formula is C19H19N5O4S. The van der Waals surface area contributed by atoms with Gasteiger partial charge in [-0.05, 0) is 62.0 Å². The quantitative estimate of drug-likeness (QED) is 0.272. The molecule has 0 saturated carbocycles. The largest absolute Gasteiger partial charge is 0.496 e. The third-order valence-electron chi connectivity index (χ3n) is 4.20. The van der Waals surface area contributed by atoms with Crippen molar-refractivity contribution in [2.45, 2.75) is 20.5 Å². The van der Waals surface area contributed by atoms with Crippen LogP contribution in [0.15, 0.2) is 41.5 Å². The molecule has 0 radical (unpaired) electrons. The molecule has 1 heterocycles. The minimum Gasteiger partial charge on any atom is -0.496 e. The maximum Gasteiger partial charge on any atom is 0.272 e. The van der Waals surface area contributed by atoms with Crippen molar-refractivity contribution in [3.8, 4) is 11.5 Å². The monoisotopic (exact) mass is 413 g/mol. The Bertz CT molecular complexity index is 1140. The summed E-state index contributed by atoms with van der Waals surface area (Å²) >= 11 is 5.13. The molecule has 2 aromatic carbocycles. The van der Waals surface area contributed by atoms with E-state index >= 15 is 0 Å². The molecule has 0 amide bonds. The van der Waals surface area contributed by atoms with E-state index in [-0.39, 0.29) is 12.3 Å². The van der Waals surface area contributed by atoms with Gasteiger partial charge >= 0.3 is 0 Å². The fraction of sp³-hybridized carbons (Fsp3) is 0.211. The van der Waals surface area contributed by atoms with Crippen LogP contribution in [0.2, 0.25) is 0 Å². The number of aromatic amines is 1. The molecule has 3 rings (SSSR count). The highest BCUT2D eigenvalue weighted by Crippen LogP contribution is 2.25. The molecule has 9 nitrogen and oxygen atoms in total. The highest BCUT2D eigenvalue weighted by atomic mass is 32.1. The summed E-state index contributed by atoms with van der Waals surface area (Å²) in [7, 11) is 1.58. The molecular weight excluding hydrogens is 394 g/mol. The second-order valence-corrected chi connectivity index (χ2v) is 6.58. The summed E-state index contributed by atoms with van der Waals surface area (Å²) in [6.45, 7) is 3.70. The highest BCUT2D eigenvalue weighted by molar-refractivity contribution is 7.71. The Morgan fingerprint density at radius 2 is 2.10 bits per heavy atom. The van der Waals surface area contributed by atoms with Crippen LogP contribution in [-0.4, -0.2) is 33.1 Å². The zero-order valence-corrected chi connectivity index (χ0v) is 16.9. The van der Waals surface area contributed by atoms with E-state index in [2.05, 4.69) is 15.3 Å². The van der Waals surface area contributed by atoms with Crippen molar-refractivity contribution in [3.05, 3.63) is 73.8 Å². The molecule has 0 aliphatic rings. The van der Waals surface area contributed by atoms with E-state index in [0.29, 0.717) is 27.7 Å². The van der Waals surface area contributed by atoms with Crippen molar-refractivity contribution in [2.24, 2.45) is 5.10 Å². The van der Waals surface area contributed by atoms with Crippen LogP contribution >= 0.6 is 12.2 Å². The molecule has 29 heavy (non-hydrogen) atoms. The van der Waals surface area contributed by atoms with Gasteiger partial charge < -0.3 is 9.47 Å². The Morgan fingerprint density at radius 3 is 2.72 bits per heavy atom. The topological polar surface area (TPSA) is 108 Å². The van der Waals surface area contributed by atoms with Crippen LogP contribution in [0.3, 0.4) is 0 Å². The minimum absolute atomic E-state index is 0.0567. The molecule has 0 aliphatic heterocycles. The summed E-state index contributed by atoms with van der Waals surface area (Å²) < 4.78 is 13.1. The van der Waals surface area contributed by atoms with Crippen LogP contribution in [0.1, 0.15) is 22.5 Å². The Kier molecular flexibility index (Phi) is 6.03. The predicted octanol–water partition coefficient (Wildman–Crippen LogP) is 3.94. The number of nitrogens with zero attached hydrogens (tertiary/aromatic N) is 4. The molecule has 1 N–H and O–H groups in total. The molecule has 0 unspecified atom stereocenters. The first-order chi connectivity index (χ1) is 13.9. The van der Waals surface area contributed by atoms with Gasteiger partial charge in [-0.1, -0.05) is 0 Å². The summed E-state index contributed by atoms with van der Waals surface area (Å²) in [5.41, 5.74) is 2.22. The number of aromatic nitrogens is 3. The lowest BCUT2D eigenvalue weighted by atomic mass is 10.1. The van der Waals surface area contributed by atoms with Crippen molar-refractivity contribution in [2.75, 3.05) is 7.11 Å². The Balaban J connectivity index is 1.80. The Hall–Kier alpha value is -3.53. The molecule has 3 aromatic rings. The number of hydrogen-bond donors (Lipinski definition) is 1. The second-order valence-electron chi connectivity index (χ2n) is 6.20. The van der Waals surface area contributed by atoms with Crippen LogP contribution < -0.4 is 9.47 Å². The number of nitro groups is 1. The summed E-state index contributed by atoms with van der Waals surface area (Å²) in [6, 6.07) is 10.2. The number of H-pyrrole nitrogens is 1. The lowest BCUT2D eigenvalue weighted by Gasteiger charge is -2.11. The van der Waals surface area contributed by atoms with Crippen LogP contribution in [0.25, 0.3) is 0 Å². The van der Waals surface area contributed by atoms with Gasteiger partial charge in [0, 0.05) is 17.2 Å².